The molecule has 0 bridgehead atoms. The van der Waals surface area contributed by atoms with Crippen molar-refractivity contribution >= 4 is 11.4 Å². The summed E-state index contributed by atoms with van der Waals surface area (Å²) >= 11 is 0. The fourth-order valence-corrected chi connectivity index (χ4v) is 2.95. The molecule has 3 N–H and O–H groups in total. The number of aromatic nitrogens is 2. The molecule has 1 aliphatic heterocycles. The molecule has 2 atom stereocenters. The molecule has 1 aromatic heterocycles. The first-order chi connectivity index (χ1) is 9.67. The highest BCUT2D eigenvalue weighted by Gasteiger charge is 2.35. The van der Waals surface area contributed by atoms with Crippen molar-refractivity contribution in [3.63, 3.8) is 0 Å². The number of nitrogens with two attached hydrogens (primary N) is 1. The van der Waals surface area contributed by atoms with Gasteiger partial charge in [0, 0.05) is 17.8 Å². The van der Waals surface area contributed by atoms with Gasteiger partial charge in [-0.15, -0.1) is 0 Å². The molecule has 1 saturated heterocycles. The van der Waals surface area contributed by atoms with Crippen LogP contribution in [0.4, 0.5) is 11.4 Å². The molecule has 5 nitrogen and oxygen atoms in total. The third-order valence-electron chi connectivity index (χ3n) is 4.04. The van der Waals surface area contributed by atoms with Crippen molar-refractivity contribution in [1.82, 2.24) is 4.57 Å². The number of benzene rings is 1. The first-order valence-electron chi connectivity index (χ1n) is 6.93. The molecule has 2 aromatic rings. The molecule has 2 unspecified atom stereocenters. The molecule has 0 saturated carbocycles. The van der Waals surface area contributed by atoms with E-state index in [-0.39, 0.29) is 12.6 Å². The number of aliphatic hydroxyl groups excluding tert-OH is 1. The second-order valence-electron chi connectivity index (χ2n) is 5.50. The summed E-state index contributed by atoms with van der Waals surface area (Å²) in [6.45, 7) is 1.08. The van der Waals surface area contributed by atoms with E-state index in [1.165, 1.54) is 0 Å². The van der Waals surface area contributed by atoms with Crippen LogP contribution in [0.2, 0.25) is 0 Å². The summed E-state index contributed by atoms with van der Waals surface area (Å²) < 4.78 is 4.26. The van der Waals surface area contributed by atoms with E-state index in [1.807, 2.05) is 42.1 Å². The highest BCUT2D eigenvalue weighted by atomic mass is 16.3. The molecule has 5 heteroatoms. The molecule has 106 valence electrons. The van der Waals surface area contributed by atoms with Gasteiger partial charge in [0.15, 0.2) is 0 Å². The molecule has 0 spiro atoms. The number of hydrogen-bond acceptors (Lipinski definition) is 3. The average Bonchev–Trinajstić information content (AvgIpc) is 3.05. The minimum Gasteiger partial charge on any atom is -0.399 e. The van der Waals surface area contributed by atoms with Gasteiger partial charge in [-0.1, -0.05) is 0 Å². The molecule has 3 rings (SSSR count). The largest absolute Gasteiger partial charge is 0.399 e. The van der Waals surface area contributed by atoms with Crippen molar-refractivity contribution in [1.29, 1.82) is 0 Å². The lowest BCUT2D eigenvalue weighted by Crippen LogP contribution is -2.32. The van der Waals surface area contributed by atoms with Gasteiger partial charge in [-0.25, -0.2) is 9.13 Å². The maximum atomic E-state index is 9.64. The van der Waals surface area contributed by atoms with Crippen LogP contribution in [0.1, 0.15) is 12.5 Å². The number of rotatable bonds is 3. The third-order valence-corrected chi connectivity index (χ3v) is 4.04. The zero-order valence-corrected chi connectivity index (χ0v) is 11.7. The van der Waals surface area contributed by atoms with Crippen LogP contribution in [0, 0.1) is 0 Å². The van der Waals surface area contributed by atoms with Crippen LogP contribution in [-0.4, -0.2) is 28.9 Å². The van der Waals surface area contributed by atoms with Gasteiger partial charge in [0.25, 0.3) is 0 Å². The Bertz CT molecular complexity index is 578. The number of imidazole rings is 1. The Morgan fingerprint density at radius 3 is 2.70 bits per heavy atom. The van der Waals surface area contributed by atoms with Gasteiger partial charge in [0.05, 0.1) is 26.2 Å². The van der Waals surface area contributed by atoms with E-state index in [2.05, 4.69) is 22.0 Å². The molecule has 0 amide bonds. The number of anilines is 2. The Morgan fingerprint density at radius 2 is 2.10 bits per heavy atom. The number of aliphatic hydroxyl groups is 1. The van der Waals surface area contributed by atoms with Crippen LogP contribution >= 0.6 is 0 Å². The number of nitrogens with zero attached hydrogens (tertiary/aromatic N) is 3. The lowest BCUT2D eigenvalue weighted by Gasteiger charge is -2.24. The van der Waals surface area contributed by atoms with Gasteiger partial charge >= 0.3 is 0 Å². The maximum Gasteiger partial charge on any atom is 0.243 e. The van der Waals surface area contributed by atoms with Crippen molar-refractivity contribution in [2.75, 3.05) is 23.8 Å². The van der Waals surface area contributed by atoms with Gasteiger partial charge in [-0.3, -0.25) is 0 Å². The van der Waals surface area contributed by atoms with Crippen molar-refractivity contribution < 1.29 is 9.67 Å². The van der Waals surface area contributed by atoms with Crippen LogP contribution in [0.15, 0.2) is 43.0 Å². The van der Waals surface area contributed by atoms with Crippen molar-refractivity contribution in [3.05, 3.63) is 43.0 Å². The number of hydrogen-bond donors (Lipinski definition) is 2. The highest BCUT2D eigenvalue weighted by Crippen LogP contribution is 2.31. The van der Waals surface area contributed by atoms with Crippen LogP contribution in [-0.2, 0) is 7.05 Å². The summed E-state index contributed by atoms with van der Waals surface area (Å²) in [6, 6.07) is 8.42. The van der Waals surface area contributed by atoms with Crippen LogP contribution in [0.25, 0.3) is 0 Å². The van der Waals surface area contributed by atoms with Crippen molar-refractivity contribution in [2.45, 2.75) is 18.5 Å². The van der Waals surface area contributed by atoms with Gasteiger partial charge < -0.3 is 15.7 Å². The van der Waals surface area contributed by atoms with E-state index in [4.69, 9.17) is 5.73 Å². The monoisotopic (exact) mass is 273 g/mol. The maximum absolute atomic E-state index is 9.64. The molecular formula is C15H21N4O+. The van der Waals surface area contributed by atoms with E-state index in [9.17, 15) is 5.11 Å². The van der Waals surface area contributed by atoms with E-state index >= 15 is 0 Å². The second-order valence-corrected chi connectivity index (χ2v) is 5.50. The van der Waals surface area contributed by atoms with Gasteiger partial charge in [-0.2, -0.15) is 0 Å². The summed E-state index contributed by atoms with van der Waals surface area (Å²) in [4.78, 5) is 2.27. The van der Waals surface area contributed by atoms with Gasteiger partial charge in [-0.05, 0) is 24.3 Å². The lowest BCUT2D eigenvalue weighted by molar-refractivity contribution is -0.671. The van der Waals surface area contributed by atoms with E-state index < -0.39 is 0 Å². The standard InChI is InChI=1S/C15H21N4O/c1-17-6-7-18(11-17)14-8-15(10-20)19(9-14)13-4-2-12(16)3-5-13/h2-7,11,14-15,20H,8-10,16H2,1H3/q+1. The van der Waals surface area contributed by atoms with Gasteiger partial charge in [0.1, 0.15) is 18.4 Å². The summed E-state index contributed by atoms with van der Waals surface area (Å²) in [5.74, 6) is 0. The van der Waals surface area contributed by atoms with E-state index in [0.717, 1.165) is 24.3 Å². The Morgan fingerprint density at radius 1 is 1.35 bits per heavy atom. The molecule has 0 radical (unpaired) electrons. The number of nitrogen functional groups attached to an aromatic ring is 1. The number of aryl methyl sites for hydroxylation is 1. The van der Waals surface area contributed by atoms with Crippen LogP contribution < -0.4 is 15.2 Å². The van der Waals surface area contributed by atoms with E-state index in [1.54, 1.807) is 0 Å². The summed E-state index contributed by atoms with van der Waals surface area (Å²) in [7, 11) is 2.02. The normalized spacial score (nSPS) is 22.4. The Kier molecular flexibility index (Phi) is 3.36. The van der Waals surface area contributed by atoms with Gasteiger partial charge in [0.2, 0.25) is 6.33 Å². The molecule has 1 aromatic carbocycles. The highest BCUT2D eigenvalue weighted by molar-refractivity contribution is 5.54. The SMILES string of the molecule is C[n+]1ccn(C2CC(CO)N(c3ccc(N)cc3)C2)c1. The Hall–Kier alpha value is -2.01. The van der Waals surface area contributed by atoms with Crippen LogP contribution in [0.3, 0.4) is 0 Å². The van der Waals surface area contributed by atoms with Crippen molar-refractivity contribution in [3.8, 4) is 0 Å². The minimum absolute atomic E-state index is 0.163. The lowest BCUT2D eigenvalue weighted by atomic mass is 10.2. The molecule has 1 aliphatic rings. The first kappa shape index (κ1) is 13.0. The molecule has 2 heterocycles. The first-order valence-corrected chi connectivity index (χ1v) is 6.93. The zero-order chi connectivity index (χ0) is 14.1. The predicted octanol–water partition coefficient (Wildman–Crippen LogP) is 0.707. The zero-order valence-electron chi connectivity index (χ0n) is 11.7. The summed E-state index contributed by atoms with van der Waals surface area (Å²) in [5, 5.41) is 9.64. The summed E-state index contributed by atoms with van der Waals surface area (Å²) in [5.41, 5.74) is 7.63. The van der Waals surface area contributed by atoms with Crippen LogP contribution in [0.5, 0.6) is 0 Å². The predicted molar refractivity (Wildman–Crippen MR) is 78.3 cm³/mol. The Labute approximate surface area is 118 Å². The van der Waals surface area contributed by atoms with Crippen molar-refractivity contribution in [2.24, 2.45) is 7.05 Å². The second kappa shape index (κ2) is 5.17. The quantitative estimate of drug-likeness (QED) is 0.639. The smallest absolute Gasteiger partial charge is 0.243 e. The third kappa shape index (κ3) is 2.36. The molecule has 1 fully saturated rings. The average molecular weight is 273 g/mol. The molecular weight excluding hydrogens is 252 g/mol. The summed E-state index contributed by atoms with van der Waals surface area (Å²) in [6.07, 6.45) is 7.17. The Balaban J connectivity index is 1.82. The fourth-order valence-electron chi connectivity index (χ4n) is 2.95. The molecule has 20 heavy (non-hydrogen) atoms. The topological polar surface area (TPSA) is 58.3 Å². The van der Waals surface area contributed by atoms with E-state index in [0.29, 0.717) is 6.04 Å². The minimum atomic E-state index is 0.163. The molecule has 0 aliphatic carbocycles. The fraction of sp³-hybridized carbons (Fsp3) is 0.400.